The molecule has 34 heavy (non-hydrogen) atoms. The van der Waals surface area contributed by atoms with Gasteiger partial charge in [-0.3, -0.25) is 19.0 Å². The van der Waals surface area contributed by atoms with Crippen LogP contribution in [0.5, 0.6) is 0 Å². The quantitative estimate of drug-likeness (QED) is 0.147. The van der Waals surface area contributed by atoms with Crippen molar-refractivity contribution in [2.75, 3.05) is 5.75 Å². The molecule has 0 aliphatic heterocycles. The lowest BCUT2D eigenvalue weighted by Gasteiger charge is -2.10. The van der Waals surface area contributed by atoms with Crippen LogP contribution in [0, 0.1) is 20.8 Å². The molecule has 0 bridgehead atoms. The van der Waals surface area contributed by atoms with Crippen LogP contribution in [-0.4, -0.2) is 31.9 Å². The number of aromatic nitrogens is 3. The zero-order valence-electron chi connectivity index (χ0n) is 19.5. The van der Waals surface area contributed by atoms with E-state index in [4.69, 9.17) is 4.98 Å². The summed E-state index contributed by atoms with van der Waals surface area (Å²) >= 11 is 2.63. The number of hydrogen-bond acceptors (Lipinski definition) is 6. The maximum Gasteiger partial charge on any atom is 0.263 e. The first-order valence-electron chi connectivity index (χ1n) is 10.8. The summed E-state index contributed by atoms with van der Waals surface area (Å²) in [5.41, 5.74) is 5.14. The van der Waals surface area contributed by atoms with Crippen molar-refractivity contribution in [2.24, 2.45) is 0 Å². The summed E-state index contributed by atoms with van der Waals surface area (Å²) in [4.78, 5) is 46.8. The number of aromatic amines is 1. The van der Waals surface area contributed by atoms with E-state index in [1.807, 2.05) is 36.6 Å². The number of carbonyl (C=O) groups is 2. The van der Waals surface area contributed by atoms with E-state index < -0.39 is 0 Å². The van der Waals surface area contributed by atoms with Crippen LogP contribution in [0.3, 0.4) is 0 Å². The zero-order valence-corrected chi connectivity index (χ0v) is 21.2. The Morgan fingerprint density at radius 1 is 1.21 bits per heavy atom. The molecule has 4 rings (SSSR count). The maximum absolute atomic E-state index is 13.5. The number of thioether (sulfide) groups is 1. The van der Waals surface area contributed by atoms with Crippen LogP contribution in [0.15, 0.2) is 52.3 Å². The average Bonchev–Trinajstić information content (AvgIpc) is 3.35. The van der Waals surface area contributed by atoms with E-state index in [2.05, 4.69) is 11.6 Å². The van der Waals surface area contributed by atoms with Gasteiger partial charge in [-0.05, 0) is 38.8 Å². The van der Waals surface area contributed by atoms with Gasteiger partial charge >= 0.3 is 0 Å². The minimum absolute atomic E-state index is 0.0769. The van der Waals surface area contributed by atoms with E-state index in [0.29, 0.717) is 37.9 Å². The molecule has 8 heteroatoms. The number of benzene rings is 1. The number of ketones is 2. The Balaban J connectivity index is 1.70. The summed E-state index contributed by atoms with van der Waals surface area (Å²) in [5.74, 6) is -0.139. The Hall–Kier alpha value is -3.23. The highest BCUT2D eigenvalue weighted by atomic mass is 32.2. The lowest BCUT2D eigenvalue weighted by atomic mass is 10.1. The van der Waals surface area contributed by atoms with Gasteiger partial charge in [-0.1, -0.05) is 47.7 Å². The van der Waals surface area contributed by atoms with Crippen LogP contribution in [0.25, 0.3) is 21.3 Å². The maximum atomic E-state index is 13.5. The fraction of sp³-hybridized carbons (Fsp3) is 0.231. The molecule has 0 amide bonds. The zero-order chi connectivity index (χ0) is 24.6. The number of aryl methyl sites for hydroxylation is 2. The molecular formula is C26H25N3O3S2. The molecule has 1 N–H and O–H groups in total. The first-order valence-corrected chi connectivity index (χ1v) is 12.7. The molecule has 0 spiro atoms. The molecule has 0 saturated carbocycles. The smallest absolute Gasteiger partial charge is 0.263 e. The van der Waals surface area contributed by atoms with Gasteiger partial charge in [0, 0.05) is 28.7 Å². The number of rotatable bonds is 8. The second-order valence-corrected chi connectivity index (χ2v) is 9.99. The largest absolute Gasteiger partial charge is 0.355 e. The van der Waals surface area contributed by atoms with Gasteiger partial charge < -0.3 is 4.98 Å². The SMILES string of the molecule is C=CCn1c(SCC(=O)c2[nH]c(C)c(C(C)=O)c2C)nc2scc(-c3ccc(C)cc3)c2c1=O. The van der Waals surface area contributed by atoms with E-state index in [9.17, 15) is 14.4 Å². The number of allylic oxidation sites excluding steroid dienone is 1. The summed E-state index contributed by atoms with van der Waals surface area (Å²) in [6.07, 6.45) is 1.65. The highest BCUT2D eigenvalue weighted by Crippen LogP contribution is 2.32. The topological polar surface area (TPSA) is 84.8 Å². The Morgan fingerprint density at radius 2 is 1.91 bits per heavy atom. The number of nitrogens with zero attached hydrogens (tertiary/aromatic N) is 2. The van der Waals surface area contributed by atoms with Crippen molar-refractivity contribution in [3.8, 4) is 11.1 Å². The number of fused-ring (bicyclic) bond motifs is 1. The summed E-state index contributed by atoms with van der Waals surface area (Å²) in [5, 5.41) is 3.00. The molecule has 3 aromatic heterocycles. The highest BCUT2D eigenvalue weighted by molar-refractivity contribution is 7.99. The molecule has 0 saturated heterocycles. The minimum atomic E-state index is -0.151. The van der Waals surface area contributed by atoms with Crippen molar-refractivity contribution < 1.29 is 9.59 Å². The number of H-pyrrole nitrogens is 1. The first-order chi connectivity index (χ1) is 16.2. The van der Waals surface area contributed by atoms with Crippen molar-refractivity contribution in [3.05, 3.63) is 80.7 Å². The van der Waals surface area contributed by atoms with E-state index in [0.717, 1.165) is 16.7 Å². The van der Waals surface area contributed by atoms with Gasteiger partial charge in [0.15, 0.2) is 16.7 Å². The Labute approximate surface area is 205 Å². The first kappa shape index (κ1) is 23.9. The van der Waals surface area contributed by atoms with Crippen LogP contribution in [-0.2, 0) is 6.54 Å². The van der Waals surface area contributed by atoms with E-state index in [1.54, 1.807) is 24.5 Å². The minimum Gasteiger partial charge on any atom is -0.355 e. The Morgan fingerprint density at radius 3 is 2.53 bits per heavy atom. The summed E-state index contributed by atoms with van der Waals surface area (Å²) in [6, 6.07) is 8.05. The lowest BCUT2D eigenvalue weighted by Crippen LogP contribution is -2.23. The second kappa shape index (κ2) is 9.56. The third-order valence-electron chi connectivity index (χ3n) is 5.73. The monoisotopic (exact) mass is 491 g/mol. The molecule has 0 aliphatic carbocycles. The van der Waals surface area contributed by atoms with Gasteiger partial charge in [0.25, 0.3) is 5.56 Å². The van der Waals surface area contributed by atoms with E-state index in [1.165, 1.54) is 30.0 Å². The van der Waals surface area contributed by atoms with Crippen LogP contribution < -0.4 is 5.56 Å². The predicted octanol–water partition coefficient (Wildman–Crippen LogP) is 5.74. The molecule has 0 fully saturated rings. The second-order valence-electron chi connectivity index (χ2n) is 8.19. The average molecular weight is 492 g/mol. The highest BCUT2D eigenvalue weighted by Gasteiger charge is 2.22. The molecule has 4 aromatic rings. The van der Waals surface area contributed by atoms with E-state index in [-0.39, 0.29) is 29.4 Å². The lowest BCUT2D eigenvalue weighted by molar-refractivity contribution is 0.101. The molecule has 174 valence electrons. The van der Waals surface area contributed by atoms with Gasteiger partial charge in [0.1, 0.15) is 4.83 Å². The Bertz CT molecular complexity index is 1490. The third kappa shape index (κ3) is 4.31. The van der Waals surface area contributed by atoms with Gasteiger partial charge in [-0.2, -0.15) is 0 Å². The molecule has 0 radical (unpaired) electrons. The number of Topliss-reactive ketones (excluding diaryl/α,β-unsaturated/α-hetero) is 2. The summed E-state index contributed by atoms with van der Waals surface area (Å²) < 4.78 is 1.56. The number of carbonyl (C=O) groups excluding carboxylic acids is 2. The normalized spacial score (nSPS) is 11.2. The molecule has 0 aliphatic rings. The van der Waals surface area contributed by atoms with Gasteiger partial charge in [0.2, 0.25) is 0 Å². The van der Waals surface area contributed by atoms with Crippen molar-refractivity contribution in [1.82, 2.24) is 14.5 Å². The van der Waals surface area contributed by atoms with Crippen molar-refractivity contribution in [1.29, 1.82) is 0 Å². The molecule has 0 atom stereocenters. The molecule has 0 unspecified atom stereocenters. The standard InChI is InChI=1S/C26H25N3O3S2/c1-6-11-29-25(32)22-19(18-9-7-14(2)8-10-18)12-33-24(22)28-26(29)34-13-20(31)23-15(3)21(17(5)30)16(4)27-23/h6-10,12,27H,1,11,13H2,2-5H3. The third-order valence-corrected chi connectivity index (χ3v) is 7.58. The number of hydrogen-bond donors (Lipinski definition) is 1. The molecular weight excluding hydrogens is 466 g/mol. The van der Waals surface area contributed by atoms with Crippen molar-refractivity contribution in [2.45, 2.75) is 39.4 Å². The van der Waals surface area contributed by atoms with Gasteiger partial charge in [-0.15, -0.1) is 17.9 Å². The molecule has 1 aromatic carbocycles. The predicted molar refractivity (Wildman–Crippen MR) is 140 cm³/mol. The van der Waals surface area contributed by atoms with Crippen LogP contribution in [0.4, 0.5) is 0 Å². The Kier molecular flexibility index (Phi) is 6.72. The summed E-state index contributed by atoms with van der Waals surface area (Å²) in [6.45, 7) is 11.1. The van der Waals surface area contributed by atoms with Gasteiger partial charge in [-0.25, -0.2) is 4.98 Å². The van der Waals surface area contributed by atoms with Crippen LogP contribution in [0.2, 0.25) is 0 Å². The van der Waals surface area contributed by atoms with Gasteiger partial charge in [0.05, 0.1) is 16.8 Å². The number of nitrogens with one attached hydrogen (secondary N) is 1. The molecule has 6 nitrogen and oxygen atoms in total. The fourth-order valence-corrected chi connectivity index (χ4v) is 5.98. The fourth-order valence-electron chi connectivity index (χ4n) is 4.11. The number of thiophene rings is 1. The van der Waals surface area contributed by atoms with E-state index >= 15 is 0 Å². The summed E-state index contributed by atoms with van der Waals surface area (Å²) in [7, 11) is 0. The molecule has 3 heterocycles. The van der Waals surface area contributed by atoms with Crippen LogP contribution in [0.1, 0.15) is 44.6 Å². The van der Waals surface area contributed by atoms with Crippen LogP contribution >= 0.6 is 23.1 Å². The van der Waals surface area contributed by atoms with Crippen molar-refractivity contribution >= 4 is 44.9 Å². The van der Waals surface area contributed by atoms with Crippen molar-refractivity contribution in [3.63, 3.8) is 0 Å².